The van der Waals surface area contributed by atoms with Crippen molar-refractivity contribution >= 4 is 15.7 Å². The van der Waals surface area contributed by atoms with Crippen molar-refractivity contribution in [3.63, 3.8) is 0 Å². The van der Waals surface area contributed by atoms with Crippen LogP contribution in [-0.4, -0.2) is 53.3 Å². The van der Waals surface area contributed by atoms with Gasteiger partial charge in [-0.25, -0.2) is 13.4 Å². The number of hydrogen-bond acceptors (Lipinski definition) is 4. The van der Waals surface area contributed by atoms with Gasteiger partial charge in [-0.3, -0.25) is 4.79 Å². The Morgan fingerprint density at radius 2 is 2.09 bits per heavy atom. The third-order valence-electron chi connectivity index (χ3n) is 4.15. The highest BCUT2D eigenvalue weighted by Crippen LogP contribution is 2.21. The van der Waals surface area contributed by atoms with Gasteiger partial charge in [0.1, 0.15) is 5.82 Å². The monoisotopic (exact) mass is 333 g/mol. The standard InChI is InChI=1S/C16H19N3O3S/c1-2-19(14-7-10-23(21,22)11-14)16(20)13-5-3-12(4-6-13)15-17-8-9-18-15/h3-6,8-9,14H,2,7,10-11H2,1H3,(H,17,18). The largest absolute Gasteiger partial charge is 0.345 e. The average Bonchev–Trinajstić information content (AvgIpc) is 3.18. The van der Waals surface area contributed by atoms with Crippen LogP contribution in [-0.2, 0) is 9.84 Å². The van der Waals surface area contributed by atoms with E-state index >= 15 is 0 Å². The third-order valence-corrected chi connectivity index (χ3v) is 5.90. The molecule has 23 heavy (non-hydrogen) atoms. The lowest BCUT2D eigenvalue weighted by molar-refractivity contribution is 0.0708. The van der Waals surface area contributed by atoms with E-state index < -0.39 is 9.84 Å². The molecule has 0 radical (unpaired) electrons. The summed E-state index contributed by atoms with van der Waals surface area (Å²) in [5, 5.41) is 0. The zero-order chi connectivity index (χ0) is 16.4. The van der Waals surface area contributed by atoms with Gasteiger partial charge in [-0.2, -0.15) is 0 Å². The molecule has 1 fully saturated rings. The van der Waals surface area contributed by atoms with Crippen LogP contribution in [0.25, 0.3) is 11.4 Å². The molecule has 1 atom stereocenters. The Morgan fingerprint density at radius 3 is 2.61 bits per heavy atom. The highest BCUT2D eigenvalue weighted by Gasteiger charge is 2.34. The molecular weight excluding hydrogens is 314 g/mol. The van der Waals surface area contributed by atoms with E-state index in [1.165, 1.54) is 0 Å². The summed E-state index contributed by atoms with van der Waals surface area (Å²) in [4.78, 5) is 21.5. The van der Waals surface area contributed by atoms with Crippen LogP contribution in [0.15, 0.2) is 36.7 Å². The number of carbonyl (C=O) groups excluding carboxylic acids is 1. The first-order valence-corrected chi connectivity index (χ1v) is 9.43. The number of benzene rings is 1. The Labute approximate surface area is 135 Å². The lowest BCUT2D eigenvalue weighted by Crippen LogP contribution is -2.40. The summed E-state index contributed by atoms with van der Waals surface area (Å²) in [5.41, 5.74) is 1.46. The molecule has 0 bridgehead atoms. The number of imidazole rings is 1. The summed E-state index contributed by atoms with van der Waals surface area (Å²) < 4.78 is 23.3. The Morgan fingerprint density at radius 1 is 1.35 bits per heavy atom. The van der Waals surface area contributed by atoms with Gasteiger partial charge in [0.25, 0.3) is 5.91 Å². The number of hydrogen-bond donors (Lipinski definition) is 1. The van der Waals surface area contributed by atoms with E-state index in [1.807, 2.05) is 19.1 Å². The maximum absolute atomic E-state index is 12.7. The molecule has 1 saturated heterocycles. The van der Waals surface area contributed by atoms with Crippen LogP contribution < -0.4 is 0 Å². The molecule has 7 heteroatoms. The molecule has 1 N–H and O–H groups in total. The first kappa shape index (κ1) is 15.7. The van der Waals surface area contributed by atoms with Gasteiger partial charge in [0.15, 0.2) is 9.84 Å². The second-order valence-corrected chi connectivity index (χ2v) is 7.89. The minimum absolute atomic E-state index is 0.0665. The van der Waals surface area contributed by atoms with Gasteiger partial charge in [0.2, 0.25) is 0 Å². The molecule has 1 aromatic carbocycles. The van der Waals surface area contributed by atoms with E-state index in [0.29, 0.717) is 18.5 Å². The highest BCUT2D eigenvalue weighted by atomic mass is 32.2. The van der Waals surface area contributed by atoms with E-state index in [-0.39, 0.29) is 23.5 Å². The molecule has 1 unspecified atom stereocenters. The molecule has 0 spiro atoms. The van der Waals surface area contributed by atoms with Crippen LogP contribution >= 0.6 is 0 Å². The lowest BCUT2D eigenvalue weighted by Gasteiger charge is -2.27. The number of nitrogens with one attached hydrogen (secondary N) is 1. The smallest absolute Gasteiger partial charge is 0.254 e. The molecule has 1 aliphatic heterocycles. The van der Waals surface area contributed by atoms with Crippen molar-refractivity contribution in [2.24, 2.45) is 0 Å². The zero-order valence-corrected chi connectivity index (χ0v) is 13.7. The number of nitrogens with zero attached hydrogens (tertiary/aromatic N) is 2. The first-order chi connectivity index (χ1) is 11.0. The molecule has 6 nitrogen and oxygen atoms in total. The average molecular weight is 333 g/mol. The van der Waals surface area contributed by atoms with Gasteiger partial charge in [0.05, 0.1) is 11.5 Å². The fourth-order valence-electron chi connectivity index (χ4n) is 2.95. The SMILES string of the molecule is CCN(C(=O)c1ccc(-c2ncc[nH]2)cc1)C1CCS(=O)(=O)C1. The zero-order valence-electron chi connectivity index (χ0n) is 12.9. The molecular formula is C16H19N3O3S. The molecule has 1 amide bonds. The fraction of sp³-hybridized carbons (Fsp3) is 0.375. The summed E-state index contributed by atoms with van der Waals surface area (Å²) >= 11 is 0. The Balaban J connectivity index is 1.78. The Hall–Kier alpha value is -2.15. The molecule has 2 aromatic rings. The Bertz CT molecular complexity index is 782. The summed E-state index contributed by atoms with van der Waals surface area (Å²) in [6, 6.07) is 6.97. The van der Waals surface area contributed by atoms with Crippen LogP contribution in [0, 0.1) is 0 Å². The first-order valence-electron chi connectivity index (χ1n) is 7.61. The number of carbonyl (C=O) groups is 1. The number of sulfone groups is 1. The van der Waals surface area contributed by atoms with E-state index in [9.17, 15) is 13.2 Å². The second kappa shape index (κ2) is 6.16. The summed E-state index contributed by atoms with van der Waals surface area (Å²) in [5.74, 6) is 0.856. The van der Waals surface area contributed by atoms with Crippen LogP contribution in [0.4, 0.5) is 0 Å². The lowest BCUT2D eigenvalue weighted by atomic mass is 10.1. The van der Waals surface area contributed by atoms with Crippen LogP contribution in [0.5, 0.6) is 0 Å². The predicted molar refractivity (Wildman–Crippen MR) is 87.8 cm³/mol. The summed E-state index contributed by atoms with van der Waals surface area (Å²) in [6.45, 7) is 2.37. The van der Waals surface area contributed by atoms with E-state index in [0.717, 1.165) is 11.4 Å². The van der Waals surface area contributed by atoms with Crippen molar-refractivity contribution in [2.45, 2.75) is 19.4 Å². The fourth-order valence-corrected chi connectivity index (χ4v) is 4.68. The van der Waals surface area contributed by atoms with Gasteiger partial charge in [-0.15, -0.1) is 0 Å². The number of aromatic amines is 1. The maximum atomic E-state index is 12.7. The van der Waals surface area contributed by atoms with Crippen LogP contribution in [0.1, 0.15) is 23.7 Å². The van der Waals surface area contributed by atoms with E-state index in [2.05, 4.69) is 9.97 Å². The van der Waals surface area contributed by atoms with Crippen molar-refractivity contribution in [3.8, 4) is 11.4 Å². The van der Waals surface area contributed by atoms with Gasteiger partial charge in [-0.1, -0.05) is 12.1 Å². The van der Waals surface area contributed by atoms with Crippen molar-refractivity contribution < 1.29 is 13.2 Å². The number of rotatable bonds is 4. The maximum Gasteiger partial charge on any atom is 0.254 e. The number of aromatic nitrogens is 2. The normalized spacial score (nSPS) is 19.6. The molecule has 1 aliphatic rings. The Kier molecular flexibility index (Phi) is 4.21. The molecule has 0 aliphatic carbocycles. The van der Waals surface area contributed by atoms with Crippen molar-refractivity contribution in [2.75, 3.05) is 18.1 Å². The quantitative estimate of drug-likeness (QED) is 0.923. The number of amides is 1. The molecule has 1 aromatic heterocycles. The predicted octanol–water partition coefficient (Wildman–Crippen LogP) is 1.73. The molecule has 0 saturated carbocycles. The minimum Gasteiger partial charge on any atom is -0.345 e. The van der Waals surface area contributed by atoms with Gasteiger partial charge in [0, 0.05) is 36.1 Å². The van der Waals surface area contributed by atoms with Crippen molar-refractivity contribution in [1.82, 2.24) is 14.9 Å². The van der Waals surface area contributed by atoms with Gasteiger partial charge in [-0.05, 0) is 25.5 Å². The van der Waals surface area contributed by atoms with Crippen molar-refractivity contribution in [1.29, 1.82) is 0 Å². The van der Waals surface area contributed by atoms with Gasteiger partial charge < -0.3 is 9.88 Å². The highest BCUT2D eigenvalue weighted by molar-refractivity contribution is 7.91. The van der Waals surface area contributed by atoms with Crippen LogP contribution in [0.2, 0.25) is 0 Å². The van der Waals surface area contributed by atoms with Gasteiger partial charge >= 0.3 is 0 Å². The number of H-pyrrole nitrogens is 1. The van der Waals surface area contributed by atoms with E-state index in [1.54, 1.807) is 29.4 Å². The van der Waals surface area contributed by atoms with Crippen LogP contribution in [0.3, 0.4) is 0 Å². The summed E-state index contributed by atoms with van der Waals surface area (Å²) in [7, 11) is -3.01. The van der Waals surface area contributed by atoms with Crippen molar-refractivity contribution in [3.05, 3.63) is 42.2 Å². The third kappa shape index (κ3) is 3.29. The summed E-state index contributed by atoms with van der Waals surface area (Å²) in [6.07, 6.45) is 3.94. The molecule has 3 rings (SSSR count). The topological polar surface area (TPSA) is 83.1 Å². The second-order valence-electron chi connectivity index (χ2n) is 5.66. The molecule has 2 heterocycles. The van der Waals surface area contributed by atoms with E-state index in [4.69, 9.17) is 0 Å². The minimum atomic E-state index is -3.01. The molecule has 122 valence electrons.